The first-order chi connectivity index (χ1) is 24.2. The van der Waals surface area contributed by atoms with Gasteiger partial charge in [-0.15, -0.1) is 23.1 Å². The molecule has 3 amide bonds. The minimum absolute atomic E-state index is 0.0266. The third kappa shape index (κ3) is 7.27. The van der Waals surface area contributed by atoms with Crippen LogP contribution in [0, 0.1) is 18.3 Å². The van der Waals surface area contributed by atoms with Gasteiger partial charge in [0.2, 0.25) is 5.91 Å². The highest BCUT2D eigenvalue weighted by molar-refractivity contribution is 8.00. The predicted octanol–water partition coefficient (Wildman–Crippen LogP) is 8.76. The summed E-state index contributed by atoms with van der Waals surface area (Å²) in [6, 6.07) is 37.1. The van der Waals surface area contributed by atoms with Gasteiger partial charge in [0.25, 0.3) is 11.8 Å². The summed E-state index contributed by atoms with van der Waals surface area (Å²) in [4.78, 5) is 53.5. The largest absolute Gasteiger partial charge is 0.478 e. The molecule has 0 aliphatic carbocycles. The molecule has 0 saturated carbocycles. The van der Waals surface area contributed by atoms with Crippen molar-refractivity contribution in [2.75, 3.05) is 16.0 Å². The molecule has 0 spiro atoms. The van der Waals surface area contributed by atoms with E-state index in [0.717, 1.165) is 11.3 Å². The molecule has 4 N–H and O–H groups in total. The lowest BCUT2D eigenvalue weighted by atomic mass is 9.98. The third-order valence-corrected chi connectivity index (χ3v) is 10.3. The van der Waals surface area contributed by atoms with Crippen LogP contribution in [-0.2, 0) is 4.79 Å². The molecular weight excluding hydrogens is 669 g/mol. The van der Waals surface area contributed by atoms with E-state index in [1.54, 1.807) is 79.7 Å². The van der Waals surface area contributed by atoms with Gasteiger partial charge in [-0.25, -0.2) is 4.79 Å². The van der Waals surface area contributed by atoms with Crippen LogP contribution in [0.15, 0.2) is 126 Å². The first-order valence-corrected chi connectivity index (χ1v) is 17.0. The zero-order valence-corrected chi connectivity index (χ0v) is 28.1. The Morgan fingerprint density at radius 3 is 2.04 bits per heavy atom. The number of thiophene rings is 1. The molecule has 246 valence electrons. The molecule has 6 rings (SSSR count). The van der Waals surface area contributed by atoms with Crippen molar-refractivity contribution in [2.24, 2.45) is 0 Å². The zero-order chi connectivity index (χ0) is 35.2. The maximum Gasteiger partial charge on any atom is 0.336 e. The van der Waals surface area contributed by atoms with E-state index in [2.05, 4.69) is 22.0 Å². The normalized spacial score (nSPS) is 11.3. The van der Waals surface area contributed by atoms with Gasteiger partial charge in [-0.05, 0) is 65.9 Å². The number of carbonyl (C=O) groups excluding carboxylic acids is 3. The number of hydrogen-bond acceptors (Lipinski definition) is 7. The number of para-hydroxylation sites is 1. The van der Waals surface area contributed by atoms with E-state index in [0.29, 0.717) is 43.0 Å². The van der Waals surface area contributed by atoms with Gasteiger partial charge in [0.05, 0.1) is 16.0 Å². The van der Waals surface area contributed by atoms with Gasteiger partial charge in [0, 0.05) is 27.2 Å². The number of aromatic carboxylic acids is 1. The summed E-state index contributed by atoms with van der Waals surface area (Å²) in [5.74, 6) is -2.40. The fourth-order valence-electron chi connectivity index (χ4n) is 5.43. The number of nitriles is 1. The molecule has 0 fully saturated rings. The summed E-state index contributed by atoms with van der Waals surface area (Å²) in [5, 5.41) is 28.8. The number of amides is 3. The SMILES string of the molecule is Cc1c(C(=O)Nc2ccccc2)sc(NC(=O)C(Sc2cccc(NC(=O)c3cccc4cccc(C(=O)O)c34)c2)c2ccccc2)c1C#N. The number of carboxylic acid groups (broad SMARTS) is 1. The number of carboxylic acids is 1. The Labute approximate surface area is 295 Å². The smallest absolute Gasteiger partial charge is 0.336 e. The van der Waals surface area contributed by atoms with Crippen LogP contribution in [0.2, 0.25) is 0 Å². The van der Waals surface area contributed by atoms with Gasteiger partial charge in [0.1, 0.15) is 16.3 Å². The van der Waals surface area contributed by atoms with Crippen LogP contribution < -0.4 is 16.0 Å². The topological polar surface area (TPSA) is 148 Å². The van der Waals surface area contributed by atoms with Crippen molar-refractivity contribution in [3.8, 4) is 6.07 Å². The lowest BCUT2D eigenvalue weighted by molar-refractivity contribution is -0.115. The lowest BCUT2D eigenvalue weighted by Crippen LogP contribution is -2.19. The Kier molecular flexibility index (Phi) is 10.0. The van der Waals surface area contributed by atoms with Crippen LogP contribution in [0.4, 0.5) is 16.4 Å². The van der Waals surface area contributed by atoms with Gasteiger partial charge in [-0.1, -0.05) is 78.9 Å². The van der Waals surface area contributed by atoms with E-state index in [-0.39, 0.29) is 27.6 Å². The van der Waals surface area contributed by atoms with Crippen molar-refractivity contribution in [3.05, 3.63) is 154 Å². The molecule has 0 bridgehead atoms. The summed E-state index contributed by atoms with van der Waals surface area (Å²) in [5.41, 5.74) is 2.69. The molecule has 9 nitrogen and oxygen atoms in total. The van der Waals surface area contributed by atoms with Crippen molar-refractivity contribution < 1.29 is 24.3 Å². The summed E-state index contributed by atoms with van der Waals surface area (Å²) in [6.45, 7) is 1.68. The van der Waals surface area contributed by atoms with Gasteiger partial charge in [0.15, 0.2) is 0 Å². The minimum atomic E-state index is -1.13. The van der Waals surface area contributed by atoms with Crippen LogP contribution in [-0.4, -0.2) is 28.8 Å². The monoisotopic (exact) mass is 696 g/mol. The van der Waals surface area contributed by atoms with Gasteiger partial charge in [-0.3, -0.25) is 14.4 Å². The average Bonchev–Trinajstić information content (AvgIpc) is 3.45. The molecule has 1 atom stereocenters. The van der Waals surface area contributed by atoms with Gasteiger partial charge in [-0.2, -0.15) is 5.26 Å². The van der Waals surface area contributed by atoms with Crippen molar-refractivity contribution in [1.82, 2.24) is 0 Å². The van der Waals surface area contributed by atoms with Gasteiger partial charge < -0.3 is 21.1 Å². The number of carbonyl (C=O) groups is 4. The first-order valence-electron chi connectivity index (χ1n) is 15.3. The molecular formula is C39H28N4O5S2. The fourth-order valence-corrected chi connectivity index (χ4v) is 7.57. The van der Waals surface area contributed by atoms with E-state index in [1.807, 2.05) is 42.5 Å². The molecule has 1 unspecified atom stereocenters. The highest BCUT2D eigenvalue weighted by Crippen LogP contribution is 2.39. The fraction of sp³-hybridized carbons (Fsp3) is 0.0513. The number of nitrogens with zero attached hydrogens (tertiary/aromatic N) is 1. The molecule has 0 aliphatic rings. The average molecular weight is 697 g/mol. The summed E-state index contributed by atoms with van der Waals surface area (Å²) < 4.78 is 0. The van der Waals surface area contributed by atoms with E-state index >= 15 is 0 Å². The summed E-state index contributed by atoms with van der Waals surface area (Å²) in [7, 11) is 0. The van der Waals surface area contributed by atoms with Crippen molar-refractivity contribution in [3.63, 3.8) is 0 Å². The number of benzene rings is 5. The van der Waals surface area contributed by atoms with E-state index < -0.39 is 23.0 Å². The number of nitrogens with one attached hydrogen (secondary N) is 3. The number of fused-ring (bicyclic) bond motifs is 1. The predicted molar refractivity (Wildman–Crippen MR) is 197 cm³/mol. The Hall–Kier alpha value is -6.22. The quantitative estimate of drug-likeness (QED) is 0.105. The molecule has 50 heavy (non-hydrogen) atoms. The summed E-state index contributed by atoms with van der Waals surface area (Å²) >= 11 is 2.28. The molecule has 0 saturated heterocycles. The highest BCUT2D eigenvalue weighted by atomic mass is 32.2. The highest BCUT2D eigenvalue weighted by Gasteiger charge is 2.27. The van der Waals surface area contributed by atoms with Crippen LogP contribution in [0.1, 0.15) is 52.3 Å². The van der Waals surface area contributed by atoms with E-state index in [1.165, 1.54) is 17.8 Å². The molecule has 6 aromatic rings. The Bertz CT molecular complexity index is 2290. The number of thioether (sulfide) groups is 1. The second-order valence-electron chi connectivity index (χ2n) is 11.1. The number of anilines is 3. The zero-order valence-electron chi connectivity index (χ0n) is 26.5. The molecule has 11 heteroatoms. The maximum absolute atomic E-state index is 14.0. The first kappa shape index (κ1) is 33.7. The molecule has 1 aromatic heterocycles. The lowest BCUT2D eigenvalue weighted by Gasteiger charge is -2.17. The van der Waals surface area contributed by atoms with E-state index in [9.17, 15) is 29.5 Å². The molecule has 5 aromatic carbocycles. The third-order valence-electron chi connectivity index (χ3n) is 7.80. The second kappa shape index (κ2) is 14.9. The van der Waals surface area contributed by atoms with Crippen molar-refractivity contribution >= 4 is 73.9 Å². The maximum atomic E-state index is 14.0. The van der Waals surface area contributed by atoms with Crippen LogP contribution >= 0.6 is 23.1 Å². The molecule has 1 heterocycles. The van der Waals surface area contributed by atoms with Gasteiger partial charge >= 0.3 is 5.97 Å². The van der Waals surface area contributed by atoms with E-state index in [4.69, 9.17) is 0 Å². The van der Waals surface area contributed by atoms with Crippen molar-refractivity contribution in [1.29, 1.82) is 5.26 Å². The minimum Gasteiger partial charge on any atom is -0.478 e. The standard InChI is InChI=1S/C39H28N4O5S2/c1-23-31(22-40)38(50-33(23)36(45)41-26-15-6-3-7-16-26)43-37(46)34(25-11-4-2-5-12-25)49-28-18-10-17-27(21-28)42-35(44)29-19-8-13-24-14-9-20-30(32(24)29)39(47)48/h2-21,34H,1H3,(H,41,45)(H,42,44)(H,43,46)(H,47,48). The van der Waals surface area contributed by atoms with Crippen LogP contribution in [0.5, 0.6) is 0 Å². The number of hydrogen-bond donors (Lipinski definition) is 4. The van der Waals surface area contributed by atoms with Crippen molar-refractivity contribution in [2.45, 2.75) is 17.1 Å². The van der Waals surface area contributed by atoms with Crippen LogP contribution in [0.3, 0.4) is 0 Å². The number of rotatable bonds is 10. The Morgan fingerprint density at radius 2 is 1.36 bits per heavy atom. The molecule has 0 aliphatic heterocycles. The van der Waals surface area contributed by atoms with Crippen LogP contribution in [0.25, 0.3) is 10.8 Å². The second-order valence-corrected chi connectivity index (χ2v) is 13.3. The molecule has 0 radical (unpaired) electrons. The Balaban J connectivity index is 1.25. The summed E-state index contributed by atoms with van der Waals surface area (Å²) in [6.07, 6.45) is 0. The Morgan fingerprint density at radius 1 is 0.740 bits per heavy atom.